The van der Waals surface area contributed by atoms with E-state index in [1.807, 2.05) is 0 Å². The van der Waals surface area contributed by atoms with Crippen LogP contribution in [0.5, 0.6) is 0 Å². The van der Waals surface area contributed by atoms with E-state index in [-0.39, 0.29) is 5.56 Å². The number of alkyl halides is 3. The number of ether oxygens (including phenoxy) is 1. The van der Waals surface area contributed by atoms with Gasteiger partial charge in [-0.25, -0.2) is 4.79 Å². The van der Waals surface area contributed by atoms with E-state index < -0.39 is 30.1 Å². The summed E-state index contributed by atoms with van der Waals surface area (Å²) in [7, 11) is 0. The molecule has 0 N–H and O–H groups in total. The number of ketones is 1. The smallest absolute Gasteiger partial charge is 0.416 e. The molecular formula is C16H10BrF3O3. The Hall–Kier alpha value is -2.15. The average molecular weight is 387 g/mol. The molecule has 3 nitrogen and oxygen atoms in total. The van der Waals surface area contributed by atoms with E-state index in [0.29, 0.717) is 10.0 Å². The molecular weight excluding hydrogens is 377 g/mol. The largest absolute Gasteiger partial charge is 0.454 e. The van der Waals surface area contributed by atoms with Crippen molar-refractivity contribution in [2.45, 2.75) is 6.18 Å². The lowest BCUT2D eigenvalue weighted by molar-refractivity contribution is -0.137. The monoisotopic (exact) mass is 386 g/mol. The number of hydrogen-bond acceptors (Lipinski definition) is 3. The normalized spacial score (nSPS) is 11.1. The third kappa shape index (κ3) is 4.41. The van der Waals surface area contributed by atoms with Crippen LogP contribution in [-0.4, -0.2) is 18.4 Å². The molecule has 0 atom stereocenters. The van der Waals surface area contributed by atoms with Crippen molar-refractivity contribution in [1.82, 2.24) is 0 Å². The summed E-state index contributed by atoms with van der Waals surface area (Å²) in [6.45, 7) is -0.498. The van der Waals surface area contributed by atoms with Crippen molar-refractivity contribution in [3.8, 4) is 0 Å². The van der Waals surface area contributed by atoms with Crippen LogP contribution in [0.15, 0.2) is 53.0 Å². The van der Waals surface area contributed by atoms with Gasteiger partial charge in [0, 0.05) is 10.0 Å². The van der Waals surface area contributed by atoms with Crippen LogP contribution >= 0.6 is 15.9 Å². The van der Waals surface area contributed by atoms with E-state index >= 15 is 0 Å². The van der Waals surface area contributed by atoms with Crippen molar-refractivity contribution in [3.05, 3.63) is 69.7 Å². The number of Topliss-reactive ketones (excluding diaryl/α,β-unsaturated/α-hetero) is 1. The Labute approximate surface area is 138 Å². The molecule has 0 amide bonds. The highest BCUT2D eigenvalue weighted by molar-refractivity contribution is 9.10. The fourth-order valence-electron chi connectivity index (χ4n) is 1.77. The molecule has 0 aliphatic rings. The predicted octanol–water partition coefficient (Wildman–Crippen LogP) is 4.51. The molecule has 0 saturated carbocycles. The second kappa shape index (κ2) is 6.95. The standard InChI is InChI=1S/C16H10BrF3O3/c17-13-4-2-1-3-12(13)14(21)9-23-15(22)10-5-7-11(8-6-10)16(18,19)20/h1-8H,9H2. The molecule has 0 fully saturated rings. The van der Waals surface area contributed by atoms with Crippen molar-refractivity contribution < 1.29 is 27.5 Å². The molecule has 0 saturated heterocycles. The molecule has 0 aliphatic carbocycles. The Morgan fingerprint density at radius 1 is 1.00 bits per heavy atom. The molecule has 0 aromatic heterocycles. The maximum atomic E-state index is 12.4. The number of benzene rings is 2. The van der Waals surface area contributed by atoms with Gasteiger partial charge in [-0.05, 0) is 30.3 Å². The quantitative estimate of drug-likeness (QED) is 0.573. The van der Waals surface area contributed by atoms with Crippen molar-refractivity contribution in [2.24, 2.45) is 0 Å². The first-order valence-corrected chi connectivity index (χ1v) is 7.20. The molecule has 7 heteroatoms. The lowest BCUT2D eigenvalue weighted by Crippen LogP contribution is -2.15. The van der Waals surface area contributed by atoms with Gasteiger partial charge in [-0.2, -0.15) is 13.2 Å². The number of esters is 1. The molecule has 0 radical (unpaired) electrons. The van der Waals surface area contributed by atoms with Crippen LogP contribution in [0.2, 0.25) is 0 Å². The van der Waals surface area contributed by atoms with E-state index in [1.165, 1.54) is 0 Å². The summed E-state index contributed by atoms with van der Waals surface area (Å²) < 4.78 is 42.7. The number of rotatable bonds is 4. The van der Waals surface area contributed by atoms with Gasteiger partial charge in [0.15, 0.2) is 6.61 Å². The van der Waals surface area contributed by atoms with Crippen LogP contribution in [0, 0.1) is 0 Å². The molecule has 23 heavy (non-hydrogen) atoms. The van der Waals surface area contributed by atoms with Gasteiger partial charge in [-0.3, -0.25) is 4.79 Å². The van der Waals surface area contributed by atoms with Crippen LogP contribution in [0.4, 0.5) is 13.2 Å². The van der Waals surface area contributed by atoms with Gasteiger partial charge < -0.3 is 4.74 Å². The zero-order valence-electron chi connectivity index (χ0n) is 11.6. The van der Waals surface area contributed by atoms with Crippen molar-refractivity contribution in [3.63, 3.8) is 0 Å². The molecule has 2 aromatic carbocycles. The topological polar surface area (TPSA) is 43.4 Å². The summed E-state index contributed by atoms with van der Waals surface area (Å²) in [6, 6.07) is 10.2. The maximum absolute atomic E-state index is 12.4. The molecule has 0 bridgehead atoms. The second-order valence-corrected chi connectivity index (χ2v) is 5.41. The van der Waals surface area contributed by atoms with E-state index in [9.17, 15) is 22.8 Å². The molecule has 2 aromatic rings. The van der Waals surface area contributed by atoms with E-state index in [2.05, 4.69) is 15.9 Å². The minimum atomic E-state index is -4.47. The molecule has 0 heterocycles. The van der Waals surface area contributed by atoms with Gasteiger partial charge in [-0.15, -0.1) is 0 Å². The minimum Gasteiger partial charge on any atom is -0.454 e. The van der Waals surface area contributed by atoms with Gasteiger partial charge in [-0.1, -0.05) is 34.1 Å². The third-order valence-corrected chi connectivity index (χ3v) is 3.65. The van der Waals surface area contributed by atoms with Crippen molar-refractivity contribution in [1.29, 1.82) is 0 Å². The van der Waals surface area contributed by atoms with Crippen LogP contribution in [-0.2, 0) is 10.9 Å². The van der Waals surface area contributed by atoms with Crippen LogP contribution in [0.1, 0.15) is 26.3 Å². The molecule has 0 unspecified atom stereocenters. The van der Waals surface area contributed by atoms with E-state index in [4.69, 9.17) is 4.74 Å². The summed E-state index contributed by atoms with van der Waals surface area (Å²) in [6.07, 6.45) is -4.47. The Balaban J connectivity index is 2.00. The Kier molecular flexibility index (Phi) is 5.20. The number of carbonyl (C=O) groups is 2. The Morgan fingerprint density at radius 3 is 2.17 bits per heavy atom. The first-order valence-electron chi connectivity index (χ1n) is 6.41. The summed E-state index contributed by atoms with van der Waals surface area (Å²) in [5, 5.41) is 0. The fourth-order valence-corrected chi connectivity index (χ4v) is 2.28. The van der Waals surface area contributed by atoms with E-state index in [1.54, 1.807) is 24.3 Å². The highest BCUT2D eigenvalue weighted by Gasteiger charge is 2.30. The lowest BCUT2D eigenvalue weighted by Gasteiger charge is -2.08. The first-order chi connectivity index (χ1) is 10.8. The maximum Gasteiger partial charge on any atom is 0.416 e. The summed E-state index contributed by atoms with van der Waals surface area (Å²) in [4.78, 5) is 23.7. The fraction of sp³-hybridized carbons (Fsp3) is 0.125. The zero-order chi connectivity index (χ0) is 17.0. The molecule has 0 aliphatic heterocycles. The molecule has 2 rings (SSSR count). The summed E-state index contributed by atoms with van der Waals surface area (Å²) in [5.74, 6) is -1.28. The number of halogens is 4. The van der Waals surface area contributed by atoms with Gasteiger partial charge in [0.1, 0.15) is 0 Å². The summed E-state index contributed by atoms with van der Waals surface area (Å²) >= 11 is 3.21. The molecule has 120 valence electrons. The van der Waals surface area contributed by atoms with Gasteiger partial charge in [0.2, 0.25) is 5.78 Å². The van der Waals surface area contributed by atoms with Gasteiger partial charge in [0.05, 0.1) is 11.1 Å². The predicted molar refractivity (Wildman–Crippen MR) is 80.2 cm³/mol. The average Bonchev–Trinajstić information content (AvgIpc) is 2.52. The van der Waals surface area contributed by atoms with Crippen LogP contribution in [0.3, 0.4) is 0 Å². The minimum absolute atomic E-state index is 0.0575. The number of carbonyl (C=O) groups excluding carboxylic acids is 2. The van der Waals surface area contributed by atoms with Crippen molar-refractivity contribution in [2.75, 3.05) is 6.61 Å². The van der Waals surface area contributed by atoms with E-state index in [0.717, 1.165) is 24.3 Å². The zero-order valence-corrected chi connectivity index (χ0v) is 13.1. The Morgan fingerprint density at radius 2 is 1.61 bits per heavy atom. The third-order valence-electron chi connectivity index (χ3n) is 2.96. The highest BCUT2D eigenvalue weighted by atomic mass is 79.9. The van der Waals surface area contributed by atoms with Crippen LogP contribution in [0.25, 0.3) is 0 Å². The highest BCUT2D eigenvalue weighted by Crippen LogP contribution is 2.29. The first kappa shape index (κ1) is 17.2. The van der Waals surface area contributed by atoms with Crippen molar-refractivity contribution >= 4 is 27.7 Å². The lowest BCUT2D eigenvalue weighted by atomic mass is 10.1. The SMILES string of the molecule is O=C(OCC(=O)c1ccccc1Br)c1ccc(C(F)(F)F)cc1. The number of hydrogen-bond donors (Lipinski definition) is 0. The van der Waals surface area contributed by atoms with Gasteiger partial charge >= 0.3 is 12.1 Å². The Bertz CT molecular complexity index is 724. The second-order valence-electron chi connectivity index (χ2n) is 4.55. The van der Waals surface area contributed by atoms with Crippen LogP contribution < -0.4 is 0 Å². The summed E-state index contributed by atoms with van der Waals surface area (Å²) in [5.41, 5.74) is -0.566. The van der Waals surface area contributed by atoms with Gasteiger partial charge in [0.25, 0.3) is 0 Å². The molecule has 0 spiro atoms.